The van der Waals surface area contributed by atoms with Crippen LogP contribution < -0.4 is 5.32 Å². The fourth-order valence-corrected chi connectivity index (χ4v) is 2.36. The number of rotatable bonds is 4. The predicted octanol–water partition coefficient (Wildman–Crippen LogP) is 3.58. The highest BCUT2D eigenvalue weighted by Crippen LogP contribution is 2.27. The minimum absolute atomic E-state index is 0.546. The summed E-state index contributed by atoms with van der Waals surface area (Å²) in [4.78, 5) is 0. The average molecular weight is 320 g/mol. The van der Waals surface area contributed by atoms with E-state index in [9.17, 15) is 0 Å². The summed E-state index contributed by atoms with van der Waals surface area (Å²) in [5.41, 5.74) is 2.69. The number of benzene rings is 2. The molecule has 0 aliphatic carbocycles. The summed E-state index contributed by atoms with van der Waals surface area (Å²) >= 11 is 12.2. The van der Waals surface area contributed by atoms with E-state index in [4.69, 9.17) is 23.2 Å². The Morgan fingerprint density at radius 3 is 2.71 bits per heavy atom. The molecule has 0 aliphatic heterocycles. The lowest BCUT2D eigenvalue weighted by Gasteiger charge is -2.12. The molecule has 7 heteroatoms. The third-order valence-electron chi connectivity index (χ3n) is 3.00. The first-order valence-electron chi connectivity index (χ1n) is 6.25. The second-order valence-electron chi connectivity index (χ2n) is 4.34. The maximum atomic E-state index is 6.19. The lowest BCUT2D eigenvalue weighted by Crippen LogP contribution is -2.05. The maximum absolute atomic E-state index is 6.19. The molecule has 0 amide bonds. The lowest BCUT2D eigenvalue weighted by atomic mass is 10.2. The Bertz CT molecular complexity index is 743. The van der Waals surface area contributed by atoms with Gasteiger partial charge in [-0.15, -0.1) is 5.10 Å². The van der Waals surface area contributed by atoms with Crippen molar-refractivity contribution in [2.75, 3.05) is 5.32 Å². The maximum Gasteiger partial charge on any atom is 0.143 e. The average Bonchev–Trinajstić information content (AvgIpc) is 3.03. The van der Waals surface area contributed by atoms with Crippen molar-refractivity contribution < 1.29 is 0 Å². The molecule has 3 aromatic rings. The second kappa shape index (κ2) is 6.11. The molecule has 0 spiro atoms. The van der Waals surface area contributed by atoms with Gasteiger partial charge in [0.2, 0.25) is 0 Å². The monoisotopic (exact) mass is 319 g/mol. The predicted molar refractivity (Wildman–Crippen MR) is 82.9 cm³/mol. The Labute approximate surface area is 131 Å². The molecule has 0 unspecified atom stereocenters. The van der Waals surface area contributed by atoms with Crippen LogP contribution in [0.1, 0.15) is 5.56 Å². The molecule has 0 atom stereocenters. The molecule has 0 saturated carbocycles. The van der Waals surface area contributed by atoms with Gasteiger partial charge in [-0.2, -0.15) is 4.68 Å². The van der Waals surface area contributed by atoms with Gasteiger partial charge in [0.05, 0.1) is 21.4 Å². The second-order valence-corrected chi connectivity index (χ2v) is 5.12. The van der Waals surface area contributed by atoms with Crippen molar-refractivity contribution in [1.29, 1.82) is 0 Å². The van der Waals surface area contributed by atoms with Crippen molar-refractivity contribution >= 4 is 28.9 Å². The number of tetrazole rings is 1. The molecule has 1 aromatic heterocycles. The minimum Gasteiger partial charge on any atom is -0.379 e. The van der Waals surface area contributed by atoms with E-state index < -0.39 is 0 Å². The normalized spacial score (nSPS) is 10.6. The van der Waals surface area contributed by atoms with Gasteiger partial charge < -0.3 is 5.32 Å². The van der Waals surface area contributed by atoms with Gasteiger partial charge in [0.1, 0.15) is 6.33 Å². The van der Waals surface area contributed by atoms with Gasteiger partial charge in [0, 0.05) is 6.54 Å². The van der Waals surface area contributed by atoms with E-state index in [1.165, 1.54) is 0 Å². The zero-order valence-corrected chi connectivity index (χ0v) is 12.4. The van der Waals surface area contributed by atoms with Gasteiger partial charge in [-0.3, -0.25) is 0 Å². The summed E-state index contributed by atoms with van der Waals surface area (Å²) < 4.78 is 1.60. The topological polar surface area (TPSA) is 55.6 Å². The van der Waals surface area contributed by atoms with Crippen molar-refractivity contribution in [3.8, 4) is 5.69 Å². The Morgan fingerprint density at radius 1 is 1.05 bits per heavy atom. The van der Waals surface area contributed by atoms with Gasteiger partial charge in [0.25, 0.3) is 0 Å². The summed E-state index contributed by atoms with van der Waals surface area (Å²) in [5, 5.41) is 15.6. The smallest absolute Gasteiger partial charge is 0.143 e. The zero-order valence-electron chi connectivity index (χ0n) is 10.9. The van der Waals surface area contributed by atoms with Crippen LogP contribution in [0.4, 0.5) is 5.69 Å². The van der Waals surface area contributed by atoms with E-state index in [0.29, 0.717) is 16.6 Å². The van der Waals surface area contributed by atoms with Crippen LogP contribution in [0.3, 0.4) is 0 Å². The molecule has 106 valence electrons. The van der Waals surface area contributed by atoms with Crippen molar-refractivity contribution in [3.05, 3.63) is 64.4 Å². The molecule has 0 saturated heterocycles. The molecular weight excluding hydrogens is 309 g/mol. The van der Waals surface area contributed by atoms with E-state index in [1.807, 2.05) is 36.4 Å². The highest BCUT2D eigenvalue weighted by atomic mass is 35.5. The highest BCUT2D eigenvalue weighted by Gasteiger charge is 2.07. The summed E-state index contributed by atoms with van der Waals surface area (Å²) in [6.07, 6.45) is 1.55. The molecule has 0 bridgehead atoms. The van der Waals surface area contributed by atoms with E-state index in [2.05, 4.69) is 20.8 Å². The Hall–Kier alpha value is -2.11. The van der Waals surface area contributed by atoms with Crippen molar-refractivity contribution in [3.63, 3.8) is 0 Å². The minimum atomic E-state index is 0.546. The van der Waals surface area contributed by atoms with Crippen LogP contribution in [0.25, 0.3) is 5.69 Å². The quantitative estimate of drug-likeness (QED) is 0.798. The first-order valence-corrected chi connectivity index (χ1v) is 7.00. The molecule has 5 nitrogen and oxygen atoms in total. The van der Waals surface area contributed by atoms with E-state index in [1.54, 1.807) is 17.1 Å². The standard InChI is InChI=1S/C14H11Cl2N5/c15-11-5-3-4-10(14(11)16)8-17-12-6-1-2-7-13(12)21-9-18-19-20-21/h1-7,9,17H,8H2. The first-order chi connectivity index (χ1) is 10.3. The largest absolute Gasteiger partial charge is 0.379 e. The summed E-state index contributed by atoms with van der Waals surface area (Å²) in [6, 6.07) is 13.3. The molecular formula is C14H11Cl2N5. The van der Waals surface area contributed by atoms with Crippen LogP contribution in [0, 0.1) is 0 Å². The fraction of sp³-hybridized carbons (Fsp3) is 0.0714. The van der Waals surface area contributed by atoms with Crippen molar-refractivity contribution in [2.24, 2.45) is 0 Å². The van der Waals surface area contributed by atoms with Gasteiger partial charge in [-0.25, -0.2) is 0 Å². The van der Waals surface area contributed by atoms with Gasteiger partial charge in [0.15, 0.2) is 0 Å². The molecule has 21 heavy (non-hydrogen) atoms. The third kappa shape index (κ3) is 2.99. The Morgan fingerprint density at radius 2 is 1.90 bits per heavy atom. The Balaban J connectivity index is 1.85. The van der Waals surface area contributed by atoms with E-state index in [-0.39, 0.29) is 0 Å². The Kier molecular flexibility index (Phi) is 4.03. The molecule has 0 radical (unpaired) electrons. The van der Waals surface area contributed by atoms with Crippen molar-refractivity contribution in [1.82, 2.24) is 20.2 Å². The van der Waals surface area contributed by atoms with Crippen LogP contribution in [0.2, 0.25) is 10.0 Å². The number of anilines is 1. The first kappa shape index (κ1) is 13.9. The number of para-hydroxylation sites is 2. The summed E-state index contributed by atoms with van der Waals surface area (Å²) in [5.74, 6) is 0. The van der Waals surface area contributed by atoms with Crippen LogP contribution >= 0.6 is 23.2 Å². The lowest BCUT2D eigenvalue weighted by molar-refractivity contribution is 0.789. The van der Waals surface area contributed by atoms with Gasteiger partial charge >= 0.3 is 0 Å². The van der Waals surface area contributed by atoms with Crippen molar-refractivity contribution in [2.45, 2.75) is 6.54 Å². The van der Waals surface area contributed by atoms with Crippen LogP contribution in [0.5, 0.6) is 0 Å². The number of nitrogens with one attached hydrogen (secondary N) is 1. The third-order valence-corrected chi connectivity index (χ3v) is 3.86. The summed E-state index contributed by atoms with van der Waals surface area (Å²) in [7, 11) is 0. The summed E-state index contributed by atoms with van der Waals surface area (Å²) in [6.45, 7) is 0.554. The number of aromatic nitrogens is 4. The number of hydrogen-bond acceptors (Lipinski definition) is 4. The van der Waals surface area contributed by atoms with Gasteiger partial charge in [-0.05, 0) is 34.2 Å². The van der Waals surface area contributed by atoms with Crippen LogP contribution in [-0.2, 0) is 6.54 Å². The molecule has 3 rings (SSSR count). The van der Waals surface area contributed by atoms with Gasteiger partial charge in [-0.1, -0.05) is 47.5 Å². The zero-order chi connectivity index (χ0) is 14.7. The van der Waals surface area contributed by atoms with E-state index >= 15 is 0 Å². The van der Waals surface area contributed by atoms with Crippen LogP contribution in [0.15, 0.2) is 48.8 Å². The number of hydrogen-bond donors (Lipinski definition) is 1. The fourth-order valence-electron chi connectivity index (χ4n) is 1.97. The number of halogens is 2. The molecule has 1 heterocycles. The molecule has 0 fully saturated rings. The van der Waals surface area contributed by atoms with E-state index in [0.717, 1.165) is 16.9 Å². The molecule has 0 aliphatic rings. The SMILES string of the molecule is Clc1cccc(CNc2ccccc2-n2cnnn2)c1Cl. The highest BCUT2D eigenvalue weighted by molar-refractivity contribution is 6.42. The van der Waals surface area contributed by atoms with Crippen LogP contribution in [-0.4, -0.2) is 20.2 Å². The number of nitrogens with zero attached hydrogens (tertiary/aromatic N) is 4. The molecule has 2 aromatic carbocycles. The molecule has 1 N–H and O–H groups in total.